The predicted molar refractivity (Wildman–Crippen MR) is 85.4 cm³/mol. The van der Waals surface area contributed by atoms with Gasteiger partial charge < -0.3 is 9.30 Å². The van der Waals surface area contributed by atoms with Crippen LogP contribution in [0.15, 0.2) is 29.3 Å². The zero-order chi connectivity index (χ0) is 14.8. The summed E-state index contributed by atoms with van der Waals surface area (Å²) in [6, 6.07) is 4.19. The quantitative estimate of drug-likeness (QED) is 0.494. The zero-order valence-electron chi connectivity index (χ0n) is 12.3. The van der Waals surface area contributed by atoms with Crippen molar-refractivity contribution in [1.29, 1.82) is 0 Å². The van der Waals surface area contributed by atoms with Crippen LogP contribution >= 0.6 is 11.8 Å². The number of rotatable bonds is 3. The van der Waals surface area contributed by atoms with Crippen molar-refractivity contribution in [1.82, 2.24) is 9.55 Å². The average molecular weight is 302 g/mol. The lowest BCUT2D eigenvalue weighted by molar-refractivity contribution is -0.137. The highest BCUT2D eigenvalue weighted by Gasteiger charge is 2.20. The molecule has 0 atom stereocenters. The Labute approximate surface area is 128 Å². The van der Waals surface area contributed by atoms with Crippen molar-refractivity contribution in [2.75, 3.05) is 12.9 Å². The van der Waals surface area contributed by atoms with Gasteiger partial charge in [-0.15, -0.1) is 11.8 Å². The average Bonchev–Trinajstić information content (AvgIpc) is 2.87. The molecule has 4 nitrogen and oxygen atoms in total. The Morgan fingerprint density at radius 3 is 3.19 bits per heavy atom. The molecule has 0 amide bonds. The van der Waals surface area contributed by atoms with Gasteiger partial charge >= 0.3 is 5.97 Å². The summed E-state index contributed by atoms with van der Waals surface area (Å²) in [6.07, 6.45) is 7.48. The molecule has 2 aromatic heterocycles. The van der Waals surface area contributed by atoms with Crippen molar-refractivity contribution in [2.45, 2.75) is 31.2 Å². The minimum atomic E-state index is -0.260. The number of hydrogen-bond donors (Lipinski definition) is 0. The molecule has 21 heavy (non-hydrogen) atoms. The summed E-state index contributed by atoms with van der Waals surface area (Å²) in [4.78, 5) is 17.5. The van der Waals surface area contributed by atoms with Crippen molar-refractivity contribution in [3.63, 3.8) is 0 Å². The van der Waals surface area contributed by atoms with Crippen molar-refractivity contribution < 1.29 is 9.53 Å². The molecule has 0 bridgehead atoms. The summed E-state index contributed by atoms with van der Waals surface area (Å²) in [7, 11) is 0. The first kappa shape index (κ1) is 14.2. The van der Waals surface area contributed by atoms with Crippen LogP contribution in [0, 0.1) is 0 Å². The zero-order valence-corrected chi connectivity index (χ0v) is 13.1. The minimum absolute atomic E-state index is 0.260. The van der Waals surface area contributed by atoms with E-state index in [1.165, 1.54) is 4.90 Å². The molecule has 0 aliphatic carbocycles. The number of carbonyl (C=O) groups excluding carboxylic acids is 1. The van der Waals surface area contributed by atoms with Gasteiger partial charge in [0, 0.05) is 34.8 Å². The fourth-order valence-electron chi connectivity index (χ4n) is 2.82. The lowest BCUT2D eigenvalue weighted by Gasteiger charge is -2.18. The summed E-state index contributed by atoms with van der Waals surface area (Å²) in [5.41, 5.74) is 3.15. The third-order valence-electron chi connectivity index (χ3n) is 3.71. The van der Waals surface area contributed by atoms with E-state index in [9.17, 15) is 4.79 Å². The van der Waals surface area contributed by atoms with Crippen LogP contribution in [0.4, 0.5) is 0 Å². The molecule has 0 N–H and O–H groups in total. The fraction of sp³-hybridized carbons (Fsp3) is 0.375. The van der Waals surface area contributed by atoms with E-state index in [0.717, 1.165) is 41.7 Å². The standard InChI is InChI=1S/C16H18N2O2S/c1-3-20-15(19)9-11-5-4-8-18-13(11)10-12-14(21-2)6-7-17-16(12)18/h6-7,9-10H,3-5,8H2,1-2H3/b11-9+. The highest BCUT2D eigenvalue weighted by molar-refractivity contribution is 7.98. The van der Waals surface area contributed by atoms with Gasteiger partial charge in [0.2, 0.25) is 0 Å². The molecule has 110 valence electrons. The van der Waals surface area contributed by atoms with Gasteiger partial charge in [-0.1, -0.05) is 0 Å². The smallest absolute Gasteiger partial charge is 0.331 e. The largest absolute Gasteiger partial charge is 0.463 e. The number of carbonyl (C=O) groups is 1. The first-order chi connectivity index (χ1) is 10.2. The van der Waals surface area contributed by atoms with E-state index in [0.29, 0.717) is 6.61 Å². The predicted octanol–water partition coefficient (Wildman–Crippen LogP) is 3.50. The SMILES string of the molecule is CCOC(=O)/C=C1\CCCn2c1cc1c(SC)ccnc12. The number of thioether (sulfide) groups is 1. The van der Waals surface area contributed by atoms with E-state index in [-0.39, 0.29) is 5.97 Å². The van der Waals surface area contributed by atoms with Gasteiger partial charge in [-0.3, -0.25) is 0 Å². The molecule has 0 radical (unpaired) electrons. The van der Waals surface area contributed by atoms with Crippen LogP contribution in [-0.2, 0) is 16.1 Å². The van der Waals surface area contributed by atoms with Crippen molar-refractivity contribution in [2.24, 2.45) is 0 Å². The molecular formula is C16H18N2O2S. The van der Waals surface area contributed by atoms with Crippen LogP contribution in [0.5, 0.6) is 0 Å². The van der Waals surface area contributed by atoms with Crippen LogP contribution in [0.3, 0.4) is 0 Å². The number of fused-ring (bicyclic) bond motifs is 3. The minimum Gasteiger partial charge on any atom is -0.463 e. The summed E-state index contributed by atoms with van der Waals surface area (Å²) in [6.45, 7) is 3.18. The molecular weight excluding hydrogens is 284 g/mol. The molecule has 0 aromatic carbocycles. The number of allylic oxidation sites excluding steroid dienone is 1. The highest BCUT2D eigenvalue weighted by atomic mass is 32.2. The number of aromatic nitrogens is 2. The number of nitrogens with zero attached hydrogens (tertiary/aromatic N) is 2. The maximum absolute atomic E-state index is 11.7. The van der Waals surface area contributed by atoms with E-state index >= 15 is 0 Å². The molecule has 1 aliphatic rings. The second-order valence-corrected chi connectivity index (χ2v) is 5.80. The third-order valence-corrected chi connectivity index (χ3v) is 4.51. The topological polar surface area (TPSA) is 44.1 Å². The van der Waals surface area contributed by atoms with Crippen molar-refractivity contribution in [3.05, 3.63) is 30.1 Å². The molecule has 0 fully saturated rings. The van der Waals surface area contributed by atoms with Gasteiger partial charge in [0.15, 0.2) is 0 Å². The molecule has 0 spiro atoms. The fourth-order valence-corrected chi connectivity index (χ4v) is 3.39. The van der Waals surface area contributed by atoms with Gasteiger partial charge in [0.05, 0.1) is 6.61 Å². The highest BCUT2D eigenvalue weighted by Crippen LogP contribution is 2.35. The van der Waals surface area contributed by atoms with E-state index in [4.69, 9.17) is 4.74 Å². The van der Waals surface area contributed by atoms with Gasteiger partial charge in [-0.05, 0) is 43.7 Å². The molecule has 0 saturated carbocycles. The van der Waals surface area contributed by atoms with Gasteiger partial charge in [0.1, 0.15) is 5.65 Å². The van der Waals surface area contributed by atoms with Gasteiger partial charge in [0.25, 0.3) is 0 Å². The first-order valence-electron chi connectivity index (χ1n) is 7.14. The van der Waals surface area contributed by atoms with Crippen LogP contribution in [0.1, 0.15) is 25.5 Å². The summed E-state index contributed by atoms with van der Waals surface area (Å²) < 4.78 is 7.25. The van der Waals surface area contributed by atoms with Gasteiger partial charge in [-0.2, -0.15) is 0 Å². The van der Waals surface area contributed by atoms with E-state index < -0.39 is 0 Å². The number of pyridine rings is 1. The van der Waals surface area contributed by atoms with Crippen molar-refractivity contribution >= 4 is 34.3 Å². The van der Waals surface area contributed by atoms with Gasteiger partial charge in [-0.25, -0.2) is 9.78 Å². The summed E-state index contributed by atoms with van der Waals surface area (Å²) in [5, 5.41) is 1.16. The molecule has 0 unspecified atom stereocenters. The number of hydrogen-bond acceptors (Lipinski definition) is 4. The number of ether oxygens (including phenoxy) is 1. The molecule has 5 heteroatoms. The van der Waals surface area contributed by atoms with Crippen molar-refractivity contribution in [3.8, 4) is 0 Å². The Balaban J connectivity index is 2.12. The van der Waals surface area contributed by atoms with Crippen LogP contribution < -0.4 is 0 Å². The lowest BCUT2D eigenvalue weighted by atomic mass is 10.0. The molecule has 3 rings (SSSR count). The van der Waals surface area contributed by atoms with E-state index in [1.807, 2.05) is 19.2 Å². The summed E-state index contributed by atoms with van der Waals surface area (Å²) >= 11 is 1.72. The molecule has 3 heterocycles. The van der Waals surface area contributed by atoms with Crippen LogP contribution in [0.25, 0.3) is 16.6 Å². The van der Waals surface area contributed by atoms with Crippen LogP contribution in [0.2, 0.25) is 0 Å². The third kappa shape index (κ3) is 2.58. The second kappa shape index (κ2) is 5.93. The Kier molecular flexibility index (Phi) is 4.01. The van der Waals surface area contributed by atoms with E-state index in [2.05, 4.69) is 21.9 Å². The lowest BCUT2D eigenvalue weighted by Crippen LogP contribution is -2.11. The Bertz CT molecular complexity index is 718. The molecule has 1 aliphatic heterocycles. The second-order valence-electron chi connectivity index (χ2n) is 4.96. The molecule has 0 saturated heterocycles. The number of esters is 1. The Hall–Kier alpha value is -1.75. The Morgan fingerprint density at radius 2 is 2.43 bits per heavy atom. The maximum atomic E-state index is 11.7. The van der Waals surface area contributed by atoms with E-state index in [1.54, 1.807) is 17.8 Å². The normalized spacial score (nSPS) is 16.2. The number of aryl methyl sites for hydroxylation is 1. The van der Waals surface area contributed by atoms with Crippen LogP contribution in [-0.4, -0.2) is 28.4 Å². The Morgan fingerprint density at radius 1 is 1.57 bits per heavy atom. The summed E-state index contributed by atoms with van der Waals surface area (Å²) in [5.74, 6) is -0.260. The first-order valence-corrected chi connectivity index (χ1v) is 8.37. The maximum Gasteiger partial charge on any atom is 0.331 e. The molecule has 2 aromatic rings. The monoisotopic (exact) mass is 302 g/mol.